The fraction of sp³-hybridized carbons (Fsp3) is 0.0833. The maximum atomic E-state index is 13.4. The van der Waals surface area contributed by atoms with Gasteiger partial charge >= 0.3 is 0 Å². The summed E-state index contributed by atoms with van der Waals surface area (Å²) in [5.74, 6) is -0.851. The van der Waals surface area contributed by atoms with Crippen LogP contribution in [0, 0.1) is 0 Å². The molecule has 0 saturated heterocycles. The Hall–Kier alpha value is -3.28. The molecule has 1 aliphatic rings. The lowest BCUT2D eigenvalue weighted by molar-refractivity contribution is -0.120. The molecule has 2 amide bonds. The van der Waals surface area contributed by atoms with Gasteiger partial charge < -0.3 is 10.2 Å². The number of rotatable bonds is 5. The molecule has 0 fully saturated rings. The number of nitrogens with zero attached hydrogens (tertiary/aromatic N) is 2. The van der Waals surface area contributed by atoms with Crippen molar-refractivity contribution in [1.29, 1.82) is 0 Å². The van der Waals surface area contributed by atoms with Crippen molar-refractivity contribution in [3.63, 3.8) is 0 Å². The van der Waals surface area contributed by atoms with Crippen LogP contribution in [0.4, 0.5) is 17.1 Å². The Balaban J connectivity index is 1.77. The highest BCUT2D eigenvalue weighted by Gasteiger charge is 2.40. The molecule has 3 aromatic carbocycles. The van der Waals surface area contributed by atoms with Crippen LogP contribution in [0.25, 0.3) is 5.57 Å². The van der Waals surface area contributed by atoms with E-state index in [0.717, 1.165) is 10.6 Å². The van der Waals surface area contributed by atoms with Gasteiger partial charge in [0.05, 0.1) is 11.3 Å². The van der Waals surface area contributed by atoms with Crippen molar-refractivity contribution in [2.45, 2.75) is 0 Å². The highest BCUT2D eigenvalue weighted by molar-refractivity contribution is 6.46. The zero-order chi connectivity index (χ0) is 22.1. The third kappa shape index (κ3) is 4.15. The Bertz CT molecular complexity index is 1170. The molecule has 5 nitrogen and oxygen atoms in total. The second kappa shape index (κ2) is 8.46. The largest absolute Gasteiger partial charge is 0.378 e. The fourth-order valence-corrected chi connectivity index (χ4v) is 3.59. The van der Waals surface area contributed by atoms with Gasteiger partial charge in [0.25, 0.3) is 11.8 Å². The van der Waals surface area contributed by atoms with Crippen molar-refractivity contribution in [2.75, 3.05) is 29.2 Å². The zero-order valence-electron chi connectivity index (χ0n) is 16.9. The van der Waals surface area contributed by atoms with Crippen molar-refractivity contribution in [3.8, 4) is 0 Å². The molecule has 4 rings (SSSR count). The van der Waals surface area contributed by atoms with Gasteiger partial charge in [0, 0.05) is 35.5 Å². The number of benzene rings is 3. The minimum absolute atomic E-state index is 0.208. The smallest absolute Gasteiger partial charge is 0.282 e. The van der Waals surface area contributed by atoms with Crippen LogP contribution in [0.5, 0.6) is 0 Å². The van der Waals surface area contributed by atoms with Crippen molar-refractivity contribution in [3.05, 3.63) is 94.1 Å². The van der Waals surface area contributed by atoms with E-state index >= 15 is 0 Å². The summed E-state index contributed by atoms with van der Waals surface area (Å²) in [6.07, 6.45) is 0. The van der Waals surface area contributed by atoms with E-state index in [1.165, 1.54) is 0 Å². The molecule has 1 N–H and O–H groups in total. The molecule has 31 heavy (non-hydrogen) atoms. The first kappa shape index (κ1) is 21.0. The topological polar surface area (TPSA) is 52.7 Å². The minimum Gasteiger partial charge on any atom is -0.378 e. The Morgan fingerprint density at radius 2 is 1.29 bits per heavy atom. The van der Waals surface area contributed by atoms with Crippen LogP contribution in [-0.2, 0) is 9.59 Å². The maximum absolute atomic E-state index is 13.4. The van der Waals surface area contributed by atoms with Gasteiger partial charge in [-0.3, -0.25) is 9.59 Å². The van der Waals surface area contributed by atoms with Crippen molar-refractivity contribution in [2.24, 2.45) is 0 Å². The van der Waals surface area contributed by atoms with Crippen LogP contribution in [0.3, 0.4) is 0 Å². The molecule has 0 radical (unpaired) electrons. The molecule has 0 atom stereocenters. The summed E-state index contributed by atoms with van der Waals surface area (Å²) >= 11 is 12.0. The number of carbonyl (C=O) groups excluding carboxylic acids is 2. The van der Waals surface area contributed by atoms with Crippen LogP contribution in [0.1, 0.15) is 5.56 Å². The monoisotopic (exact) mass is 451 g/mol. The predicted molar refractivity (Wildman–Crippen MR) is 127 cm³/mol. The first-order valence-electron chi connectivity index (χ1n) is 9.54. The van der Waals surface area contributed by atoms with Crippen LogP contribution in [0.15, 0.2) is 78.5 Å². The number of hydrogen-bond acceptors (Lipinski definition) is 4. The molecule has 1 aliphatic heterocycles. The van der Waals surface area contributed by atoms with Gasteiger partial charge in [0.15, 0.2) is 0 Å². The Labute approximate surface area is 190 Å². The van der Waals surface area contributed by atoms with Gasteiger partial charge in [0.2, 0.25) is 0 Å². The van der Waals surface area contributed by atoms with E-state index in [4.69, 9.17) is 23.2 Å². The molecule has 0 aromatic heterocycles. The quantitative estimate of drug-likeness (QED) is 0.523. The number of carbonyl (C=O) groups is 2. The molecule has 0 bridgehead atoms. The average molecular weight is 452 g/mol. The second-order valence-electron chi connectivity index (χ2n) is 7.25. The van der Waals surface area contributed by atoms with Gasteiger partial charge in [-0.05, 0) is 66.2 Å². The van der Waals surface area contributed by atoms with Crippen molar-refractivity contribution in [1.82, 2.24) is 0 Å². The maximum Gasteiger partial charge on any atom is 0.282 e. The molecule has 0 saturated carbocycles. The van der Waals surface area contributed by atoms with E-state index in [1.54, 1.807) is 48.5 Å². The van der Waals surface area contributed by atoms with E-state index in [1.807, 2.05) is 43.3 Å². The summed E-state index contributed by atoms with van der Waals surface area (Å²) in [5.41, 5.74) is 3.27. The van der Waals surface area contributed by atoms with Gasteiger partial charge in [-0.15, -0.1) is 0 Å². The normalized spacial score (nSPS) is 13.7. The molecule has 3 aromatic rings. The number of halogens is 2. The standard InChI is InChI=1S/C24H19Cl2N3O2/c1-28(2)19-13-9-18(10-14-19)27-22-21(15-3-5-16(25)6-4-15)23(30)29(24(22)31)20-11-7-17(26)8-12-20/h3-14,27H,1-2H3. The molecule has 0 aliphatic carbocycles. The van der Waals surface area contributed by atoms with E-state index in [9.17, 15) is 9.59 Å². The molecule has 1 heterocycles. The predicted octanol–water partition coefficient (Wildman–Crippen LogP) is 5.46. The number of hydrogen-bond donors (Lipinski definition) is 1. The lowest BCUT2D eigenvalue weighted by Crippen LogP contribution is -2.32. The van der Waals surface area contributed by atoms with E-state index < -0.39 is 11.8 Å². The summed E-state index contributed by atoms with van der Waals surface area (Å²) in [6, 6.07) is 21.0. The second-order valence-corrected chi connectivity index (χ2v) is 8.12. The van der Waals surface area contributed by atoms with Gasteiger partial charge in [-0.1, -0.05) is 35.3 Å². The van der Waals surface area contributed by atoms with Crippen molar-refractivity contribution < 1.29 is 9.59 Å². The Morgan fingerprint density at radius 1 is 0.742 bits per heavy atom. The number of imide groups is 1. The Kier molecular flexibility index (Phi) is 5.72. The first-order valence-corrected chi connectivity index (χ1v) is 10.3. The molecule has 156 valence electrons. The molecular formula is C24H19Cl2N3O2. The third-order valence-corrected chi connectivity index (χ3v) is 5.46. The van der Waals surface area contributed by atoms with Crippen LogP contribution in [0.2, 0.25) is 10.0 Å². The highest BCUT2D eigenvalue weighted by Crippen LogP contribution is 2.34. The number of anilines is 3. The van der Waals surface area contributed by atoms with Crippen LogP contribution < -0.4 is 15.1 Å². The van der Waals surface area contributed by atoms with E-state index in [2.05, 4.69) is 5.32 Å². The van der Waals surface area contributed by atoms with Gasteiger partial charge in [-0.2, -0.15) is 0 Å². The first-order chi connectivity index (χ1) is 14.8. The van der Waals surface area contributed by atoms with Gasteiger partial charge in [0.1, 0.15) is 5.70 Å². The fourth-order valence-electron chi connectivity index (χ4n) is 3.34. The van der Waals surface area contributed by atoms with E-state index in [-0.39, 0.29) is 11.3 Å². The summed E-state index contributed by atoms with van der Waals surface area (Å²) in [4.78, 5) is 29.8. The lowest BCUT2D eigenvalue weighted by atomic mass is 10.0. The highest BCUT2D eigenvalue weighted by atomic mass is 35.5. The van der Waals surface area contributed by atoms with Crippen molar-refractivity contribution >= 4 is 57.7 Å². The van der Waals surface area contributed by atoms with Crippen LogP contribution in [-0.4, -0.2) is 25.9 Å². The van der Waals surface area contributed by atoms with E-state index in [0.29, 0.717) is 27.0 Å². The summed E-state index contributed by atoms with van der Waals surface area (Å²) in [7, 11) is 3.90. The number of nitrogens with one attached hydrogen (secondary N) is 1. The molecular weight excluding hydrogens is 433 g/mol. The number of amides is 2. The molecule has 0 spiro atoms. The molecule has 0 unspecified atom stereocenters. The third-order valence-electron chi connectivity index (χ3n) is 4.95. The molecule has 7 heteroatoms. The lowest BCUT2D eigenvalue weighted by Gasteiger charge is -2.16. The summed E-state index contributed by atoms with van der Waals surface area (Å²) in [5, 5.41) is 4.22. The SMILES string of the molecule is CN(C)c1ccc(NC2=C(c3ccc(Cl)cc3)C(=O)N(c3ccc(Cl)cc3)C2=O)cc1. The average Bonchev–Trinajstić information content (AvgIpc) is 2.99. The minimum atomic E-state index is -0.436. The van der Waals surface area contributed by atoms with Gasteiger partial charge in [-0.25, -0.2) is 4.90 Å². The zero-order valence-corrected chi connectivity index (χ0v) is 18.4. The van der Waals surface area contributed by atoms with Crippen LogP contribution >= 0.6 is 23.2 Å². The summed E-state index contributed by atoms with van der Waals surface area (Å²) < 4.78 is 0. The Morgan fingerprint density at radius 3 is 1.84 bits per heavy atom. The summed E-state index contributed by atoms with van der Waals surface area (Å²) in [6.45, 7) is 0.